The van der Waals surface area contributed by atoms with E-state index in [-0.39, 0.29) is 23.1 Å². The zero-order valence-corrected chi connectivity index (χ0v) is 15.1. The van der Waals surface area contributed by atoms with Crippen LogP contribution in [0, 0.1) is 5.82 Å². The van der Waals surface area contributed by atoms with Crippen LogP contribution < -0.4 is 10.7 Å². The van der Waals surface area contributed by atoms with Crippen molar-refractivity contribution < 1.29 is 30.7 Å². The Kier molecular flexibility index (Phi) is 6.04. The first-order valence-corrected chi connectivity index (χ1v) is 8.31. The Morgan fingerprint density at radius 3 is 2.32 bits per heavy atom. The average Bonchev–Trinajstić information content (AvgIpc) is 2.69. The lowest BCUT2D eigenvalue weighted by Gasteiger charge is -2.11. The maximum absolute atomic E-state index is 13.4. The van der Waals surface area contributed by atoms with Crippen LogP contribution in [0.3, 0.4) is 0 Å². The predicted octanol–water partition coefficient (Wildman–Crippen LogP) is 5.24. The Labute approximate surface area is 169 Å². The molecule has 3 rings (SSSR count). The molecule has 0 amide bonds. The minimum Gasteiger partial charge on any atom is -0.324 e. The van der Waals surface area contributed by atoms with E-state index in [4.69, 9.17) is 0 Å². The molecular formula is C18H11F7N6. The van der Waals surface area contributed by atoms with Gasteiger partial charge in [-0.25, -0.2) is 14.8 Å². The van der Waals surface area contributed by atoms with Crippen molar-refractivity contribution in [1.29, 1.82) is 0 Å². The van der Waals surface area contributed by atoms with Crippen LogP contribution >= 0.6 is 0 Å². The predicted molar refractivity (Wildman–Crippen MR) is 97.2 cm³/mol. The van der Waals surface area contributed by atoms with Crippen molar-refractivity contribution >= 4 is 23.8 Å². The first-order chi connectivity index (χ1) is 14.5. The van der Waals surface area contributed by atoms with Crippen LogP contribution in [0.25, 0.3) is 0 Å². The van der Waals surface area contributed by atoms with Gasteiger partial charge < -0.3 is 5.32 Å². The third-order valence-electron chi connectivity index (χ3n) is 3.69. The van der Waals surface area contributed by atoms with Crippen molar-refractivity contribution in [2.75, 3.05) is 10.7 Å². The highest BCUT2D eigenvalue weighted by atomic mass is 19.4. The van der Waals surface area contributed by atoms with Gasteiger partial charge in [-0.05, 0) is 35.9 Å². The lowest BCUT2D eigenvalue weighted by molar-refractivity contribution is -0.140. The molecule has 0 aliphatic carbocycles. The van der Waals surface area contributed by atoms with Gasteiger partial charge in [0.1, 0.15) is 12.1 Å². The molecule has 3 aromatic rings. The number of benzene rings is 2. The minimum atomic E-state index is -4.88. The SMILES string of the molecule is Fc1ccc(Nc2ncnc(N/N=C/c3cccc(C(F)(F)F)c3)n2)cc1C(F)(F)F. The van der Waals surface area contributed by atoms with Gasteiger partial charge in [-0.1, -0.05) is 12.1 Å². The minimum absolute atomic E-state index is 0.127. The van der Waals surface area contributed by atoms with E-state index in [9.17, 15) is 30.7 Å². The van der Waals surface area contributed by atoms with Gasteiger partial charge in [-0.15, -0.1) is 0 Å². The van der Waals surface area contributed by atoms with Crippen LogP contribution in [-0.4, -0.2) is 21.2 Å². The number of aromatic nitrogens is 3. The summed E-state index contributed by atoms with van der Waals surface area (Å²) >= 11 is 0. The van der Waals surface area contributed by atoms with Crippen molar-refractivity contribution in [2.24, 2.45) is 5.10 Å². The molecule has 31 heavy (non-hydrogen) atoms. The van der Waals surface area contributed by atoms with E-state index in [1.54, 1.807) is 0 Å². The van der Waals surface area contributed by atoms with Crippen LogP contribution in [0.4, 0.5) is 48.3 Å². The molecule has 1 heterocycles. The summed E-state index contributed by atoms with van der Waals surface area (Å²) in [5.41, 5.74) is 0.0861. The van der Waals surface area contributed by atoms with Crippen LogP contribution in [0.5, 0.6) is 0 Å². The van der Waals surface area contributed by atoms with Crippen molar-refractivity contribution in [2.45, 2.75) is 12.4 Å². The lowest BCUT2D eigenvalue weighted by Crippen LogP contribution is -2.09. The smallest absolute Gasteiger partial charge is 0.324 e. The van der Waals surface area contributed by atoms with Gasteiger partial charge in [0.15, 0.2) is 0 Å². The maximum atomic E-state index is 13.4. The normalized spacial score (nSPS) is 12.2. The molecule has 0 aliphatic rings. The molecule has 0 saturated heterocycles. The highest BCUT2D eigenvalue weighted by Gasteiger charge is 2.34. The molecule has 2 N–H and O–H groups in total. The van der Waals surface area contributed by atoms with Crippen molar-refractivity contribution in [3.63, 3.8) is 0 Å². The van der Waals surface area contributed by atoms with Gasteiger partial charge in [-0.3, -0.25) is 0 Å². The quantitative estimate of drug-likeness (QED) is 0.320. The van der Waals surface area contributed by atoms with Crippen molar-refractivity contribution in [3.8, 4) is 0 Å². The molecule has 0 aliphatic heterocycles. The van der Waals surface area contributed by atoms with Crippen molar-refractivity contribution in [3.05, 3.63) is 71.3 Å². The summed E-state index contributed by atoms with van der Waals surface area (Å²) in [7, 11) is 0. The lowest BCUT2D eigenvalue weighted by atomic mass is 10.1. The van der Waals surface area contributed by atoms with Crippen LogP contribution in [0.2, 0.25) is 0 Å². The van der Waals surface area contributed by atoms with E-state index in [0.717, 1.165) is 30.7 Å². The Bertz CT molecular complexity index is 1100. The second kappa shape index (κ2) is 8.53. The third-order valence-corrected chi connectivity index (χ3v) is 3.69. The zero-order valence-electron chi connectivity index (χ0n) is 15.1. The standard InChI is InChI=1S/C18H11F7N6/c19-14-5-4-12(7-13(14)18(23,24)25)29-15-26-9-27-16(30-15)31-28-8-10-2-1-3-11(6-10)17(20,21)22/h1-9H,(H2,26,27,29,30,31)/b28-8+. The number of hydrazone groups is 1. The third kappa shape index (κ3) is 5.87. The van der Waals surface area contributed by atoms with E-state index in [1.807, 2.05) is 0 Å². The van der Waals surface area contributed by atoms with E-state index >= 15 is 0 Å². The summed E-state index contributed by atoms with van der Waals surface area (Å²) in [5.74, 6) is -1.75. The number of anilines is 3. The molecule has 1 aromatic heterocycles. The largest absolute Gasteiger partial charge is 0.419 e. The Balaban J connectivity index is 1.71. The fraction of sp³-hybridized carbons (Fsp3) is 0.111. The number of alkyl halides is 6. The highest BCUT2D eigenvalue weighted by Crippen LogP contribution is 2.33. The van der Waals surface area contributed by atoms with Gasteiger partial charge in [0.05, 0.1) is 17.3 Å². The average molecular weight is 444 g/mol. The summed E-state index contributed by atoms with van der Waals surface area (Å²) in [5, 5.41) is 6.19. The van der Waals surface area contributed by atoms with E-state index < -0.39 is 29.3 Å². The summed E-state index contributed by atoms with van der Waals surface area (Å²) < 4.78 is 89.9. The second-order valence-electron chi connectivity index (χ2n) is 5.94. The number of nitrogens with one attached hydrogen (secondary N) is 2. The van der Waals surface area contributed by atoms with E-state index in [0.29, 0.717) is 12.1 Å². The second-order valence-corrected chi connectivity index (χ2v) is 5.94. The highest BCUT2D eigenvalue weighted by molar-refractivity contribution is 5.80. The Morgan fingerprint density at radius 1 is 0.871 bits per heavy atom. The van der Waals surface area contributed by atoms with Gasteiger partial charge in [-0.2, -0.15) is 41.4 Å². The number of hydrogen-bond donors (Lipinski definition) is 2. The van der Waals surface area contributed by atoms with Gasteiger partial charge in [0, 0.05) is 5.69 Å². The number of hydrogen-bond acceptors (Lipinski definition) is 6. The Hall–Kier alpha value is -3.77. The summed E-state index contributed by atoms with van der Waals surface area (Å²) in [6.07, 6.45) is -7.27. The molecule has 0 saturated carbocycles. The van der Waals surface area contributed by atoms with E-state index in [1.165, 1.54) is 12.1 Å². The maximum Gasteiger partial charge on any atom is 0.419 e. The molecule has 0 unspecified atom stereocenters. The topological polar surface area (TPSA) is 75.1 Å². The van der Waals surface area contributed by atoms with Crippen molar-refractivity contribution in [1.82, 2.24) is 15.0 Å². The summed E-state index contributed by atoms with van der Waals surface area (Å²) in [6, 6.07) is 6.67. The molecular weight excluding hydrogens is 433 g/mol. The molecule has 0 spiro atoms. The number of halogens is 7. The van der Waals surface area contributed by atoms with Gasteiger partial charge in [0.25, 0.3) is 0 Å². The number of nitrogens with zero attached hydrogens (tertiary/aromatic N) is 4. The van der Waals surface area contributed by atoms with Crippen LogP contribution in [0.1, 0.15) is 16.7 Å². The fourth-order valence-corrected chi connectivity index (χ4v) is 2.32. The summed E-state index contributed by atoms with van der Waals surface area (Å²) in [6.45, 7) is 0. The van der Waals surface area contributed by atoms with Crippen LogP contribution in [0.15, 0.2) is 53.9 Å². The molecule has 6 nitrogen and oxygen atoms in total. The molecule has 0 radical (unpaired) electrons. The molecule has 162 valence electrons. The number of rotatable bonds is 5. The Morgan fingerprint density at radius 2 is 1.61 bits per heavy atom. The van der Waals surface area contributed by atoms with Gasteiger partial charge in [0.2, 0.25) is 11.9 Å². The van der Waals surface area contributed by atoms with Gasteiger partial charge >= 0.3 is 12.4 Å². The molecule has 0 fully saturated rings. The molecule has 0 bridgehead atoms. The molecule has 13 heteroatoms. The fourth-order valence-electron chi connectivity index (χ4n) is 2.32. The van der Waals surface area contributed by atoms with E-state index in [2.05, 4.69) is 30.8 Å². The summed E-state index contributed by atoms with van der Waals surface area (Å²) in [4.78, 5) is 11.3. The first-order valence-electron chi connectivity index (χ1n) is 8.31. The molecule has 0 atom stereocenters. The zero-order chi connectivity index (χ0) is 22.6. The molecule has 2 aromatic carbocycles. The monoisotopic (exact) mass is 444 g/mol. The first kappa shape index (κ1) is 21.9. The van der Waals surface area contributed by atoms with Crippen LogP contribution in [-0.2, 0) is 12.4 Å².